The monoisotopic (exact) mass is 368 g/mol. The van der Waals surface area contributed by atoms with Gasteiger partial charge in [0.05, 0.1) is 12.5 Å². The second-order valence-corrected chi connectivity index (χ2v) is 6.39. The first-order chi connectivity index (χ1) is 13.0. The third kappa shape index (κ3) is 6.93. The van der Waals surface area contributed by atoms with Gasteiger partial charge in [-0.2, -0.15) is 0 Å². The largest absolute Gasteiger partial charge is 0.456 e. The Bertz CT molecular complexity index is 760. The predicted octanol–water partition coefficient (Wildman–Crippen LogP) is 2.62. The Kier molecular flexibility index (Phi) is 7.55. The molecule has 0 fully saturated rings. The Morgan fingerprint density at radius 3 is 2.07 bits per heavy atom. The topological polar surface area (TPSA) is 84.5 Å². The van der Waals surface area contributed by atoms with Crippen molar-refractivity contribution >= 4 is 17.8 Å². The fourth-order valence-corrected chi connectivity index (χ4v) is 2.50. The van der Waals surface area contributed by atoms with E-state index in [4.69, 9.17) is 4.74 Å². The lowest BCUT2D eigenvalue weighted by atomic mass is 10.0. The molecule has 2 amide bonds. The minimum atomic E-state index is -0.559. The smallest absolute Gasteiger partial charge is 0.308 e. The van der Waals surface area contributed by atoms with E-state index < -0.39 is 12.0 Å². The molecule has 0 saturated heterocycles. The lowest BCUT2D eigenvalue weighted by Gasteiger charge is -2.19. The minimum Gasteiger partial charge on any atom is -0.456 e. The molecular weight excluding hydrogens is 344 g/mol. The number of hydrogen-bond donors (Lipinski definition) is 2. The number of ether oxygens (including phenoxy) is 1. The molecule has 0 spiro atoms. The zero-order valence-electron chi connectivity index (χ0n) is 15.5. The van der Waals surface area contributed by atoms with Crippen molar-refractivity contribution in [2.45, 2.75) is 32.4 Å². The fraction of sp³-hybridized carbons (Fsp3) is 0.286. The number of rotatable bonds is 8. The van der Waals surface area contributed by atoms with Gasteiger partial charge in [0.25, 0.3) is 11.8 Å². The number of carbonyl (C=O) groups is 3. The molecular formula is C21H24N2O4. The normalized spacial score (nSPS) is 11.5. The number of nitrogens with one attached hydrogen (secondary N) is 2. The van der Waals surface area contributed by atoms with E-state index in [0.29, 0.717) is 5.56 Å². The number of benzene rings is 2. The molecule has 6 heteroatoms. The molecule has 2 rings (SSSR count). The Balaban J connectivity index is 2.02. The molecule has 0 bridgehead atoms. The number of carbonyl (C=O) groups excluding carboxylic acids is 3. The lowest BCUT2D eigenvalue weighted by Crippen LogP contribution is -2.35. The summed E-state index contributed by atoms with van der Waals surface area (Å²) in [5.41, 5.74) is 1.29. The molecule has 2 aromatic carbocycles. The maximum absolute atomic E-state index is 12.5. The molecule has 0 heterocycles. The van der Waals surface area contributed by atoms with Crippen molar-refractivity contribution in [1.82, 2.24) is 10.6 Å². The average Bonchev–Trinajstić information content (AvgIpc) is 2.66. The Labute approximate surface area is 158 Å². The van der Waals surface area contributed by atoms with E-state index in [2.05, 4.69) is 10.6 Å². The van der Waals surface area contributed by atoms with Crippen molar-refractivity contribution in [3.63, 3.8) is 0 Å². The van der Waals surface area contributed by atoms with Crippen LogP contribution in [0.3, 0.4) is 0 Å². The van der Waals surface area contributed by atoms with Crippen LogP contribution >= 0.6 is 0 Å². The first-order valence-electron chi connectivity index (χ1n) is 8.81. The van der Waals surface area contributed by atoms with Crippen molar-refractivity contribution in [1.29, 1.82) is 0 Å². The molecule has 142 valence electrons. The number of amides is 2. The summed E-state index contributed by atoms with van der Waals surface area (Å²) in [6.45, 7) is 3.31. The first-order valence-corrected chi connectivity index (χ1v) is 8.81. The molecule has 0 radical (unpaired) electrons. The van der Waals surface area contributed by atoms with Gasteiger partial charge in [-0.3, -0.25) is 14.4 Å². The third-order valence-corrected chi connectivity index (χ3v) is 3.73. The number of hydrogen-bond acceptors (Lipinski definition) is 4. The van der Waals surface area contributed by atoms with Crippen LogP contribution in [0.5, 0.6) is 0 Å². The second kappa shape index (κ2) is 10.1. The Morgan fingerprint density at radius 1 is 0.889 bits per heavy atom. The van der Waals surface area contributed by atoms with Gasteiger partial charge < -0.3 is 15.4 Å². The van der Waals surface area contributed by atoms with Gasteiger partial charge in [-0.05, 0) is 31.5 Å². The van der Waals surface area contributed by atoms with Gasteiger partial charge in [-0.25, -0.2) is 0 Å². The van der Waals surface area contributed by atoms with Crippen molar-refractivity contribution < 1.29 is 19.1 Å². The maximum atomic E-state index is 12.5. The van der Waals surface area contributed by atoms with Crippen molar-refractivity contribution in [3.05, 3.63) is 71.8 Å². The standard InChI is InChI=1S/C21H24N2O4/c1-15(2)22-19(24)14-27-20(25)13-18(16-9-5-3-6-10-16)23-21(26)17-11-7-4-8-12-17/h3-12,15,18H,13-14H2,1-2H3,(H,22,24)(H,23,26)/t18-/m0/s1. The van der Waals surface area contributed by atoms with Gasteiger partial charge in [-0.15, -0.1) is 0 Å². The molecule has 1 atom stereocenters. The van der Waals surface area contributed by atoms with Crippen LogP contribution in [0.1, 0.15) is 42.2 Å². The summed E-state index contributed by atoms with van der Waals surface area (Å²) in [5, 5.41) is 5.51. The highest BCUT2D eigenvalue weighted by atomic mass is 16.5. The van der Waals surface area contributed by atoms with Crippen LogP contribution in [0.25, 0.3) is 0 Å². The van der Waals surface area contributed by atoms with Crippen LogP contribution in [-0.4, -0.2) is 30.4 Å². The molecule has 0 aliphatic rings. The molecule has 0 aliphatic carbocycles. The average molecular weight is 368 g/mol. The summed E-state index contributed by atoms with van der Waals surface area (Å²) in [6.07, 6.45) is -0.0719. The predicted molar refractivity (Wildman–Crippen MR) is 102 cm³/mol. The summed E-state index contributed by atoms with van der Waals surface area (Å²) < 4.78 is 5.04. The van der Waals surface area contributed by atoms with Crippen LogP contribution in [-0.2, 0) is 14.3 Å². The van der Waals surface area contributed by atoms with Crippen LogP contribution in [0.2, 0.25) is 0 Å². The van der Waals surface area contributed by atoms with E-state index in [9.17, 15) is 14.4 Å². The van der Waals surface area contributed by atoms with Crippen molar-refractivity contribution in [3.8, 4) is 0 Å². The van der Waals surface area contributed by atoms with Crippen LogP contribution in [0.4, 0.5) is 0 Å². The zero-order valence-corrected chi connectivity index (χ0v) is 15.5. The van der Waals surface area contributed by atoms with Crippen LogP contribution in [0.15, 0.2) is 60.7 Å². The molecule has 2 aromatic rings. The molecule has 0 saturated carbocycles. The molecule has 27 heavy (non-hydrogen) atoms. The Morgan fingerprint density at radius 2 is 1.48 bits per heavy atom. The first kappa shape index (κ1) is 20.2. The quantitative estimate of drug-likeness (QED) is 0.702. The second-order valence-electron chi connectivity index (χ2n) is 6.39. The summed E-state index contributed by atoms with van der Waals surface area (Å²) >= 11 is 0. The number of esters is 1. The van der Waals surface area contributed by atoms with E-state index >= 15 is 0 Å². The van der Waals surface area contributed by atoms with Gasteiger partial charge >= 0.3 is 5.97 Å². The van der Waals surface area contributed by atoms with E-state index in [1.165, 1.54) is 0 Å². The maximum Gasteiger partial charge on any atom is 0.308 e. The van der Waals surface area contributed by atoms with E-state index in [-0.39, 0.29) is 30.9 Å². The highest BCUT2D eigenvalue weighted by Gasteiger charge is 2.20. The van der Waals surface area contributed by atoms with Crippen LogP contribution < -0.4 is 10.6 Å². The highest BCUT2D eigenvalue weighted by molar-refractivity contribution is 5.94. The van der Waals surface area contributed by atoms with Crippen LogP contribution in [0, 0.1) is 0 Å². The summed E-state index contributed by atoms with van der Waals surface area (Å²) in [6, 6.07) is 17.4. The van der Waals surface area contributed by atoms with Gasteiger partial charge in [0, 0.05) is 11.6 Å². The third-order valence-electron chi connectivity index (χ3n) is 3.73. The van der Waals surface area contributed by atoms with Gasteiger partial charge in [0.2, 0.25) is 0 Å². The molecule has 0 unspecified atom stereocenters. The zero-order chi connectivity index (χ0) is 19.6. The minimum absolute atomic E-state index is 0.0292. The summed E-state index contributed by atoms with van der Waals surface area (Å²) in [4.78, 5) is 36.3. The van der Waals surface area contributed by atoms with E-state index in [1.807, 2.05) is 50.2 Å². The molecule has 0 aromatic heterocycles. The fourth-order valence-electron chi connectivity index (χ4n) is 2.50. The van der Waals surface area contributed by atoms with Crippen molar-refractivity contribution in [2.75, 3.05) is 6.61 Å². The highest BCUT2D eigenvalue weighted by Crippen LogP contribution is 2.18. The summed E-state index contributed by atoms with van der Waals surface area (Å²) in [7, 11) is 0. The Hall–Kier alpha value is -3.15. The van der Waals surface area contributed by atoms with Gasteiger partial charge in [0.15, 0.2) is 6.61 Å². The van der Waals surface area contributed by atoms with Gasteiger partial charge in [-0.1, -0.05) is 48.5 Å². The van der Waals surface area contributed by atoms with Gasteiger partial charge in [0.1, 0.15) is 0 Å². The lowest BCUT2D eigenvalue weighted by molar-refractivity contribution is -0.149. The van der Waals surface area contributed by atoms with Crippen molar-refractivity contribution in [2.24, 2.45) is 0 Å². The molecule has 6 nitrogen and oxygen atoms in total. The van der Waals surface area contributed by atoms with E-state index in [0.717, 1.165) is 5.56 Å². The van der Waals surface area contributed by atoms with E-state index in [1.54, 1.807) is 24.3 Å². The summed E-state index contributed by atoms with van der Waals surface area (Å²) in [5.74, 6) is -1.20. The molecule has 2 N–H and O–H groups in total. The SMILES string of the molecule is CC(C)NC(=O)COC(=O)C[C@H](NC(=O)c1ccccc1)c1ccccc1. The molecule has 0 aliphatic heterocycles.